The summed E-state index contributed by atoms with van der Waals surface area (Å²) in [6, 6.07) is 0. The highest BCUT2D eigenvalue weighted by molar-refractivity contribution is 7.52. The van der Waals surface area contributed by atoms with Crippen molar-refractivity contribution >= 4 is 21.4 Å². The molecule has 0 aliphatic carbocycles. The van der Waals surface area contributed by atoms with Gasteiger partial charge in [0.05, 0.1) is 0 Å². The highest BCUT2D eigenvalue weighted by Gasteiger charge is 2.08. The van der Waals surface area contributed by atoms with Gasteiger partial charge >= 0.3 is 0 Å². The largest absolute Gasteiger partial charge is 0.379 e. The summed E-state index contributed by atoms with van der Waals surface area (Å²) < 4.78 is 0. The van der Waals surface area contributed by atoms with E-state index in [0.29, 0.717) is 5.66 Å². The molecule has 1 nitrogen and oxygen atoms in total. The van der Waals surface area contributed by atoms with Gasteiger partial charge in [-0.1, -0.05) is 45.2 Å². The van der Waals surface area contributed by atoms with E-state index in [2.05, 4.69) is 27.5 Å². The molecule has 0 heterocycles. The van der Waals surface area contributed by atoms with Crippen LogP contribution in [0.15, 0.2) is 0 Å². The van der Waals surface area contributed by atoms with Gasteiger partial charge < -0.3 is 4.89 Å². The summed E-state index contributed by atoms with van der Waals surface area (Å²) in [4.78, 5) is 9.91. The van der Waals surface area contributed by atoms with Crippen molar-refractivity contribution in [1.82, 2.24) is 0 Å². The Balaban J connectivity index is 3.98. The molecule has 0 aromatic carbocycles. The Labute approximate surface area is 84.8 Å². The fraction of sp³-hybridized carbons (Fsp3) is 0.900. The van der Waals surface area contributed by atoms with Gasteiger partial charge in [-0.05, 0) is 26.3 Å². The van der Waals surface area contributed by atoms with E-state index in [4.69, 9.17) is 0 Å². The van der Waals surface area contributed by atoms with Crippen molar-refractivity contribution in [3.8, 4) is 0 Å². The second kappa shape index (κ2) is 8.90. The van der Waals surface area contributed by atoms with Crippen molar-refractivity contribution in [2.75, 3.05) is 0 Å². The average Bonchev–Trinajstić information content (AvgIpc) is 2.12. The zero-order valence-electron chi connectivity index (χ0n) is 9.34. The molecule has 0 rings (SSSR count). The highest BCUT2D eigenvalue weighted by Crippen LogP contribution is 2.32. The summed E-state index contributed by atoms with van der Waals surface area (Å²) in [6.07, 6.45) is 7.20. The Morgan fingerprint density at radius 1 is 1.31 bits per heavy atom. The van der Waals surface area contributed by atoms with E-state index in [1.165, 1.54) is 32.1 Å². The topological polar surface area (TPSA) is 20.2 Å². The molecule has 0 saturated carbocycles. The van der Waals surface area contributed by atoms with Crippen LogP contribution in [-0.2, 0) is 0 Å². The summed E-state index contributed by atoms with van der Waals surface area (Å²) in [7, 11) is 0.976. The summed E-state index contributed by atoms with van der Waals surface area (Å²) in [6.45, 7) is 4.43. The van der Waals surface area contributed by atoms with Crippen LogP contribution < -0.4 is 0 Å². The SMILES string of the molecule is BC/C=[PH](/O)C(CCC)CCCC. The summed E-state index contributed by atoms with van der Waals surface area (Å²) in [5.41, 5.74) is 0.606. The minimum absolute atomic E-state index is 0.606. The van der Waals surface area contributed by atoms with Crippen molar-refractivity contribution in [2.24, 2.45) is 0 Å². The van der Waals surface area contributed by atoms with E-state index in [9.17, 15) is 4.89 Å². The molecule has 1 N–H and O–H groups in total. The predicted octanol–water partition coefficient (Wildman–Crippen LogP) is 2.32. The van der Waals surface area contributed by atoms with Crippen molar-refractivity contribution < 1.29 is 4.89 Å². The fourth-order valence-electron chi connectivity index (χ4n) is 1.61. The van der Waals surface area contributed by atoms with Gasteiger partial charge in [-0.25, -0.2) is 0 Å². The molecule has 0 bridgehead atoms. The first-order valence-electron chi connectivity index (χ1n) is 5.65. The van der Waals surface area contributed by atoms with E-state index in [-0.39, 0.29) is 0 Å². The zero-order valence-corrected chi connectivity index (χ0v) is 10.3. The highest BCUT2D eigenvalue weighted by atomic mass is 31.1. The summed E-state index contributed by atoms with van der Waals surface area (Å²) in [5.74, 6) is 2.14. The van der Waals surface area contributed by atoms with Crippen molar-refractivity contribution in [3.05, 3.63) is 0 Å². The maximum absolute atomic E-state index is 9.91. The lowest BCUT2D eigenvalue weighted by Crippen LogP contribution is -2.02. The third-order valence-corrected chi connectivity index (χ3v) is 4.62. The average molecular weight is 202 g/mol. The quantitative estimate of drug-likeness (QED) is 0.496. The number of hydrogen-bond donors (Lipinski definition) is 1. The van der Waals surface area contributed by atoms with Crippen LogP contribution in [0.5, 0.6) is 0 Å². The Morgan fingerprint density at radius 3 is 2.46 bits per heavy atom. The third kappa shape index (κ3) is 6.40. The number of rotatable bonds is 7. The summed E-state index contributed by atoms with van der Waals surface area (Å²) >= 11 is 0. The number of hydrogen-bond acceptors (Lipinski definition) is 1. The first-order chi connectivity index (χ1) is 6.26. The molecule has 0 saturated heterocycles. The van der Waals surface area contributed by atoms with Crippen LogP contribution in [-0.4, -0.2) is 24.2 Å². The molecule has 0 aromatic heterocycles. The van der Waals surface area contributed by atoms with E-state index in [1.807, 2.05) is 0 Å². The lowest BCUT2D eigenvalue weighted by molar-refractivity contribution is 0.572. The van der Waals surface area contributed by atoms with Crippen molar-refractivity contribution in [3.63, 3.8) is 0 Å². The summed E-state index contributed by atoms with van der Waals surface area (Å²) in [5, 5.41) is 0. The van der Waals surface area contributed by atoms with Gasteiger partial charge in [0, 0.05) is 0 Å². The Kier molecular flexibility index (Phi) is 9.13. The van der Waals surface area contributed by atoms with E-state index >= 15 is 0 Å². The first-order valence-corrected chi connectivity index (χ1v) is 7.25. The normalized spacial score (nSPS) is 15.9. The zero-order chi connectivity index (χ0) is 10.1. The smallest absolute Gasteiger partial charge is 0.106 e. The van der Waals surface area contributed by atoms with Gasteiger partial charge in [-0.15, -0.1) is 0 Å². The Bertz CT molecular complexity index is 148. The molecule has 0 spiro atoms. The minimum atomic E-state index is -1.14. The predicted molar refractivity (Wildman–Crippen MR) is 68.2 cm³/mol. The van der Waals surface area contributed by atoms with Crippen LogP contribution in [0, 0.1) is 0 Å². The molecule has 3 heteroatoms. The fourth-order valence-corrected chi connectivity index (χ4v) is 3.45. The molecule has 2 atom stereocenters. The molecule has 0 amide bonds. The Morgan fingerprint density at radius 2 is 2.00 bits per heavy atom. The van der Waals surface area contributed by atoms with Gasteiger partial charge in [-0.2, -0.15) is 0 Å². The molecule has 0 fully saturated rings. The maximum Gasteiger partial charge on any atom is 0.106 e. The number of unbranched alkanes of at least 4 members (excludes halogenated alkanes) is 1. The lowest BCUT2D eigenvalue weighted by Gasteiger charge is -2.16. The Hall–Kier alpha value is 0.325. The van der Waals surface area contributed by atoms with E-state index in [0.717, 1.165) is 6.32 Å². The molecular weight excluding hydrogens is 178 g/mol. The molecule has 0 aliphatic heterocycles. The lowest BCUT2D eigenvalue weighted by atomic mass is 10.1. The molecule has 2 unspecified atom stereocenters. The molecule has 13 heavy (non-hydrogen) atoms. The van der Waals surface area contributed by atoms with Gasteiger partial charge in [0.25, 0.3) is 0 Å². The van der Waals surface area contributed by atoms with Crippen LogP contribution in [0.25, 0.3) is 0 Å². The molecule has 0 radical (unpaired) electrons. The van der Waals surface area contributed by atoms with Crippen molar-refractivity contribution in [1.29, 1.82) is 0 Å². The second-order valence-corrected chi connectivity index (χ2v) is 5.74. The second-order valence-electron chi connectivity index (χ2n) is 3.67. The molecule has 0 aromatic rings. The minimum Gasteiger partial charge on any atom is -0.379 e. The van der Waals surface area contributed by atoms with Crippen LogP contribution in [0.4, 0.5) is 0 Å². The first kappa shape index (κ1) is 13.3. The standard InChI is InChI=1S/C10H24BOP/c1-3-5-7-10(6-4-2)13(12)9-8-11/h9-10,12-13H,3-8,11H2,1-2H3. The van der Waals surface area contributed by atoms with Crippen LogP contribution in [0.3, 0.4) is 0 Å². The molecule has 78 valence electrons. The van der Waals surface area contributed by atoms with Gasteiger partial charge in [-0.3, -0.25) is 0 Å². The monoisotopic (exact) mass is 202 g/mol. The van der Waals surface area contributed by atoms with E-state index < -0.39 is 7.77 Å². The molecular formula is C10H24BOP. The van der Waals surface area contributed by atoms with Crippen LogP contribution >= 0.6 is 7.77 Å². The van der Waals surface area contributed by atoms with Gasteiger partial charge in [0.2, 0.25) is 0 Å². The van der Waals surface area contributed by atoms with Gasteiger partial charge in [0.1, 0.15) is 7.85 Å². The third-order valence-electron chi connectivity index (χ3n) is 2.37. The molecule has 0 aliphatic rings. The maximum atomic E-state index is 9.91. The van der Waals surface area contributed by atoms with E-state index in [1.54, 1.807) is 0 Å². The van der Waals surface area contributed by atoms with Crippen molar-refractivity contribution in [2.45, 2.75) is 57.9 Å². The van der Waals surface area contributed by atoms with Crippen LogP contribution in [0.2, 0.25) is 6.32 Å². The van der Waals surface area contributed by atoms with Gasteiger partial charge in [0.15, 0.2) is 0 Å². The van der Waals surface area contributed by atoms with Crippen LogP contribution in [0.1, 0.15) is 46.0 Å².